The Morgan fingerprint density at radius 1 is 0.788 bits per heavy atom. The zero-order valence-electron chi connectivity index (χ0n) is 18.7. The minimum atomic E-state index is -0.867. The largest absolute Gasteiger partial charge is 0.273 e. The fourth-order valence-electron chi connectivity index (χ4n) is 4.58. The van der Waals surface area contributed by atoms with Crippen LogP contribution in [-0.4, -0.2) is 17.9 Å². The monoisotopic (exact) mass is 504 g/mol. The van der Waals surface area contributed by atoms with Gasteiger partial charge in [-0.2, -0.15) is 0 Å². The van der Waals surface area contributed by atoms with E-state index in [0.29, 0.717) is 5.69 Å². The first kappa shape index (κ1) is 21.9. The van der Waals surface area contributed by atoms with Crippen molar-refractivity contribution in [1.29, 1.82) is 0 Å². The standard InChI is InChI=1S/C27H25BrN2O3/c1-27(2,3)18-11-9-17(10-12-18)23-22-24(33-30(23)21-7-5-4-6-8-21)26(32)29(25(22)31)20-15-13-19(28)14-16-20/h4-16,22-24H,1-3H3. The van der Waals surface area contributed by atoms with E-state index >= 15 is 0 Å². The van der Waals surface area contributed by atoms with Gasteiger partial charge in [0, 0.05) is 4.47 Å². The predicted octanol–water partition coefficient (Wildman–Crippen LogP) is 5.80. The van der Waals surface area contributed by atoms with Gasteiger partial charge in [0.15, 0.2) is 6.10 Å². The van der Waals surface area contributed by atoms with Gasteiger partial charge < -0.3 is 0 Å². The van der Waals surface area contributed by atoms with Gasteiger partial charge in [-0.05, 0) is 52.9 Å². The van der Waals surface area contributed by atoms with Crippen LogP contribution in [0.5, 0.6) is 0 Å². The molecule has 0 saturated carbocycles. The number of hydrogen-bond donors (Lipinski definition) is 0. The van der Waals surface area contributed by atoms with Crippen molar-refractivity contribution in [2.45, 2.75) is 38.3 Å². The molecule has 6 heteroatoms. The lowest BCUT2D eigenvalue weighted by Gasteiger charge is -2.29. The predicted molar refractivity (Wildman–Crippen MR) is 132 cm³/mol. The highest BCUT2D eigenvalue weighted by atomic mass is 79.9. The quantitative estimate of drug-likeness (QED) is 0.423. The fourth-order valence-corrected chi connectivity index (χ4v) is 4.84. The van der Waals surface area contributed by atoms with Crippen molar-refractivity contribution in [3.8, 4) is 0 Å². The number of fused-ring (bicyclic) bond motifs is 1. The van der Waals surface area contributed by atoms with E-state index < -0.39 is 18.1 Å². The molecule has 2 aliphatic heterocycles. The van der Waals surface area contributed by atoms with Gasteiger partial charge >= 0.3 is 0 Å². The first-order chi connectivity index (χ1) is 15.8. The molecule has 3 atom stereocenters. The molecule has 2 fully saturated rings. The zero-order chi connectivity index (χ0) is 23.3. The van der Waals surface area contributed by atoms with Gasteiger partial charge in [0.05, 0.1) is 17.4 Å². The summed E-state index contributed by atoms with van der Waals surface area (Å²) in [5, 5.41) is 1.73. The topological polar surface area (TPSA) is 49.9 Å². The van der Waals surface area contributed by atoms with Crippen LogP contribution in [0.15, 0.2) is 83.3 Å². The summed E-state index contributed by atoms with van der Waals surface area (Å²) in [6.07, 6.45) is -0.867. The number of imide groups is 1. The van der Waals surface area contributed by atoms with E-state index in [9.17, 15) is 9.59 Å². The lowest BCUT2D eigenvalue weighted by Crippen LogP contribution is -2.37. The lowest BCUT2D eigenvalue weighted by atomic mass is 9.84. The highest BCUT2D eigenvalue weighted by molar-refractivity contribution is 9.10. The molecule has 0 spiro atoms. The summed E-state index contributed by atoms with van der Waals surface area (Å²) in [6, 6.07) is 24.7. The van der Waals surface area contributed by atoms with Gasteiger partial charge in [-0.25, -0.2) is 9.96 Å². The number of rotatable bonds is 3. The van der Waals surface area contributed by atoms with Crippen LogP contribution >= 0.6 is 15.9 Å². The number of hydroxylamine groups is 1. The average molecular weight is 505 g/mol. The Kier molecular flexibility index (Phi) is 5.38. The fraction of sp³-hybridized carbons (Fsp3) is 0.259. The Morgan fingerprint density at radius 3 is 2.03 bits per heavy atom. The van der Waals surface area contributed by atoms with Gasteiger partial charge in [0.1, 0.15) is 5.92 Å². The Bertz CT molecular complexity index is 1190. The summed E-state index contributed by atoms with van der Waals surface area (Å²) in [4.78, 5) is 34.5. The minimum Gasteiger partial charge on any atom is -0.273 e. The van der Waals surface area contributed by atoms with Gasteiger partial charge in [0.25, 0.3) is 5.91 Å². The number of nitrogens with zero attached hydrogens (tertiary/aromatic N) is 2. The number of carbonyl (C=O) groups excluding carboxylic acids is 2. The average Bonchev–Trinajstić information content (AvgIpc) is 3.31. The smallest absolute Gasteiger partial charge is 0.266 e. The Hall–Kier alpha value is -2.96. The number of anilines is 2. The second kappa shape index (κ2) is 8.12. The first-order valence-corrected chi connectivity index (χ1v) is 11.8. The molecule has 5 rings (SSSR count). The van der Waals surface area contributed by atoms with Gasteiger partial charge in [0.2, 0.25) is 5.91 Å². The minimum absolute atomic E-state index is 0.0177. The van der Waals surface area contributed by atoms with E-state index in [1.165, 1.54) is 10.5 Å². The third kappa shape index (κ3) is 3.77. The molecule has 3 aromatic carbocycles. The molecule has 0 bridgehead atoms. The van der Waals surface area contributed by atoms with Crippen molar-refractivity contribution in [1.82, 2.24) is 0 Å². The van der Waals surface area contributed by atoms with Crippen molar-refractivity contribution >= 4 is 39.1 Å². The molecular formula is C27H25BrN2O3. The van der Waals surface area contributed by atoms with E-state index in [-0.39, 0.29) is 17.2 Å². The maximum Gasteiger partial charge on any atom is 0.266 e. The molecular weight excluding hydrogens is 480 g/mol. The maximum absolute atomic E-state index is 13.7. The molecule has 3 aromatic rings. The number of carbonyl (C=O) groups is 2. The first-order valence-electron chi connectivity index (χ1n) is 11.0. The van der Waals surface area contributed by atoms with Gasteiger partial charge in [-0.1, -0.05) is 79.2 Å². The van der Waals surface area contributed by atoms with Crippen molar-refractivity contribution in [2.24, 2.45) is 5.92 Å². The van der Waals surface area contributed by atoms with Crippen LogP contribution < -0.4 is 9.96 Å². The third-order valence-corrected chi connectivity index (χ3v) is 6.86. The molecule has 2 amide bonds. The van der Waals surface area contributed by atoms with Gasteiger partial charge in [-0.3, -0.25) is 14.4 Å². The molecule has 0 aliphatic carbocycles. The maximum atomic E-state index is 13.7. The van der Waals surface area contributed by atoms with E-state index in [4.69, 9.17) is 4.84 Å². The van der Waals surface area contributed by atoms with E-state index in [2.05, 4.69) is 48.8 Å². The Labute approximate surface area is 202 Å². The summed E-state index contributed by atoms with van der Waals surface area (Å²) >= 11 is 3.41. The normalized spacial score (nSPS) is 22.7. The van der Waals surface area contributed by atoms with Crippen LogP contribution in [0.4, 0.5) is 11.4 Å². The number of halogens is 1. The van der Waals surface area contributed by atoms with Gasteiger partial charge in [-0.15, -0.1) is 0 Å². The summed E-state index contributed by atoms with van der Waals surface area (Å²) < 4.78 is 0.883. The number of para-hydroxylation sites is 1. The number of hydrogen-bond acceptors (Lipinski definition) is 4. The third-order valence-electron chi connectivity index (χ3n) is 6.33. The Balaban J connectivity index is 1.57. The van der Waals surface area contributed by atoms with Crippen LogP contribution in [-0.2, 0) is 19.8 Å². The van der Waals surface area contributed by atoms with Crippen LogP contribution in [0, 0.1) is 5.92 Å². The van der Waals surface area contributed by atoms with E-state index in [0.717, 1.165) is 15.7 Å². The van der Waals surface area contributed by atoms with Crippen molar-refractivity contribution < 1.29 is 14.4 Å². The van der Waals surface area contributed by atoms with Crippen LogP contribution in [0.3, 0.4) is 0 Å². The van der Waals surface area contributed by atoms with E-state index in [1.54, 1.807) is 17.2 Å². The molecule has 33 heavy (non-hydrogen) atoms. The zero-order valence-corrected chi connectivity index (χ0v) is 20.3. The molecule has 5 nitrogen and oxygen atoms in total. The molecule has 3 unspecified atom stereocenters. The molecule has 0 aromatic heterocycles. The second-order valence-electron chi connectivity index (χ2n) is 9.52. The van der Waals surface area contributed by atoms with Crippen molar-refractivity contribution in [2.75, 3.05) is 9.96 Å². The van der Waals surface area contributed by atoms with Crippen LogP contribution in [0.2, 0.25) is 0 Å². The highest BCUT2D eigenvalue weighted by Crippen LogP contribution is 2.47. The molecule has 2 saturated heterocycles. The summed E-state index contributed by atoms with van der Waals surface area (Å²) in [6.45, 7) is 6.51. The number of amides is 2. The summed E-state index contributed by atoms with van der Waals surface area (Å²) in [5.41, 5.74) is 3.53. The SMILES string of the molecule is CC(C)(C)c1ccc(C2C3C(=O)N(c4ccc(Br)cc4)C(=O)C3ON2c2ccccc2)cc1. The van der Waals surface area contributed by atoms with Crippen LogP contribution in [0.1, 0.15) is 37.9 Å². The highest BCUT2D eigenvalue weighted by Gasteiger charge is 2.60. The van der Waals surface area contributed by atoms with Crippen molar-refractivity contribution in [3.05, 3.63) is 94.5 Å². The Morgan fingerprint density at radius 2 is 1.42 bits per heavy atom. The molecule has 0 N–H and O–H groups in total. The van der Waals surface area contributed by atoms with Crippen molar-refractivity contribution in [3.63, 3.8) is 0 Å². The van der Waals surface area contributed by atoms with E-state index in [1.807, 2.05) is 54.6 Å². The molecule has 168 valence electrons. The summed E-state index contributed by atoms with van der Waals surface area (Å²) in [7, 11) is 0. The molecule has 0 radical (unpaired) electrons. The second-order valence-corrected chi connectivity index (χ2v) is 10.4. The summed E-state index contributed by atoms with van der Waals surface area (Å²) in [5.74, 6) is -1.21. The molecule has 2 heterocycles. The number of benzene rings is 3. The van der Waals surface area contributed by atoms with Crippen LogP contribution in [0.25, 0.3) is 0 Å². The molecule has 2 aliphatic rings. The lowest BCUT2D eigenvalue weighted by molar-refractivity contribution is -0.126.